The monoisotopic (exact) mass is 543 g/mol. The van der Waals surface area contributed by atoms with Gasteiger partial charge in [0.15, 0.2) is 22.3 Å². The van der Waals surface area contributed by atoms with Gasteiger partial charge in [-0.2, -0.15) is 0 Å². The number of thioether (sulfide) groups is 1. The van der Waals surface area contributed by atoms with Gasteiger partial charge in [0, 0.05) is 28.1 Å². The zero-order chi connectivity index (χ0) is 24.2. The predicted molar refractivity (Wildman–Crippen MR) is 137 cm³/mol. The van der Waals surface area contributed by atoms with Crippen LogP contribution in [0.25, 0.3) is 34.2 Å². The van der Waals surface area contributed by atoms with Crippen LogP contribution in [0.15, 0.2) is 74.4 Å². The van der Waals surface area contributed by atoms with E-state index >= 15 is 0 Å². The molecular formula is C23H15Cl2N5O3S2. The number of thiazole rings is 1. The molecule has 0 spiro atoms. The number of hydrogen-bond donors (Lipinski definition) is 1. The molecule has 12 heteroatoms. The number of carbonyl (C=O) groups is 1. The van der Waals surface area contributed by atoms with E-state index in [1.54, 1.807) is 55.0 Å². The van der Waals surface area contributed by atoms with Gasteiger partial charge in [-0.3, -0.25) is 4.79 Å². The topological polar surface area (TPSA) is 107 Å². The van der Waals surface area contributed by atoms with Crippen LogP contribution in [0.4, 0.5) is 5.13 Å². The van der Waals surface area contributed by atoms with Gasteiger partial charge in [0.25, 0.3) is 0 Å². The molecule has 0 saturated carbocycles. The highest BCUT2D eigenvalue weighted by molar-refractivity contribution is 7.99. The molecule has 0 saturated heterocycles. The summed E-state index contributed by atoms with van der Waals surface area (Å²) in [4.78, 5) is 21.5. The summed E-state index contributed by atoms with van der Waals surface area (Å²) in [5.74, 6) is 1.36. The van der Waals surface area contributed by atoms with Crippen LogP contribution in [-0.4, -0.2) is 31.8 Å². The lowest BCUT2D eigenvalue weighted by atomic mass is 10.2. The Morgan fingerprint density at radius 1 is 1.00 bits per heavy atom. The van der Waals surface area contributed by atoms with Crippen molar-refractivity contribution in [1.29, 1.82) is 0 Å². The second kappa shape index (κ2) is 10.6. The van der Waals surface area contributed by atoms with Gasteiger partial charge in [0.2, 0.25) is 11.1 Å². The van der Waals surface area contributed by atoms with Crippen molar-refractivity contribution in [3.05, 3.63) is 70.4 Å². The molecule has 1 amide bonds. The van der Waals surface area contributed by atoms with Gasteiger partial charge in [0.05, 0.1) is 23.2 Å². The maximum absolute atomic E-state index is 12.4. The fourth-order valence-corrected chi connectivity index (χ4v) is 5.06. The number of benzene rings is 1. The first kappa shape index (κ1) is 23.6. The number of amides is 1. The van der Waals surface area contributed by atoms with Crippen LogP contribution in [0.1, 0.15) is 6.42 Å². The molecular weight excluding hydrogens is 529 g/mol. The van der Waals surface area contributed by atoms with Crippen molar-refractivity contribution in [2.75, 3.05) is 11.1 Å². The molecule has 0 bridgehead atoms. The maximum Gasteiger partial charge on any atom is 0.226 e. The number of halogens is 2. The number of nitrogens with zero attached hydrogens (tertiary/aromatic N) is 4. The van der Waals surface area contributed by atoms with E-state index in [-0.39, 0.29) is 12.3 Å². The molecule has 4 heterocycles. The average Bonchev–Trinajstić information content (AvgIpc) is 3.62. The second-order valence-corrected chi connectivity index (χ2v) is 9.82. The van der Waals surface area contributed by atoms with E-state index in [0.29, 0.717) is 54.7 Å². The number of aromatic nitrogens is 4. The lowest BCUT2D eigenvalue weighted by Gasteiger charge is -2.05. The summed E-state index contributed by atoms with van der Waals surface area (Å²) in [5.41, 5.74) is 2.41. The largest absolute Gasteiger partial charge is 0.463 e. The highest BCUT2D eigenvalue weighted by Crippen LogP contribution is 2.33. The number of rotatable bonds is 8. The van der Waals surface area contributed by atoms with Crippen LogP contribution in [0.2, 0.25) is 10.0 Å². The fraction of sp³-hybridized carbons (Fsp3) is 0.0870. The van der Waals surface area contributed by atoms with Crippen LogP contribution in [-0.2, 0) is 4.79 Å². The van der Waals surface area contributed by atoms with Gasteiger partial charge < -0.3 is 14.2 Å². The third-order valence-corrected chi connectivity index (χ3v) is 6.84. The lowest BCUT2D eigenvalue weighted by molar-refractivity contribution is -0.115. The molecule has 5 aromatic rings. The SMILES string of the molecule is O=C(CCSc1nnc(-c2ccco2)c(-c2ccco2)n1)Nc1nc(-c2ccc(Cl)cc2Cl)cs1. The highest BCUT2D eigenvalue weighted by atomic mass is 35.5. The molecule has 8 nitrogen and oxygen atoms in total. The zero-order valence-corrected chi connectivity index (χ0v) is 20.9. The minimum atomic E-state index is -0.174. The molecule has 0 radical (unpaired) electrons. The molecule has 35 heavy (non-hydrogen) atoms. The third kappa shape index (κ3) is 5.57. The number of furan rings is 2. The third-order valence-electron chi connectivity index (χ3n) is 4.69. The minimum absolute atomic E-state index is 0.174. The van der Waals surface area contributed by atoms with Gasteiger partial charge in [0.1, 0.15) is 5.69 Å². The van der Waals surface area contributed by atoms with Gasteiger partial charge >= 0.3 is 0 Å². The Bertz CT molecular complexity index is 1460. The van der Waals surface area contributed by atoms with Crippen LogP contribution in [0.5, 0.6) is 0 Å². The van der Waals surface area contributed by atoms with Crippen molar-refractivity contribution in [3.63, 3.8) is 0 Å². The van der Waals surface area contributed by atoms with E-state index in [4.69, 9.17) is 32.0 Å². The number of hydrogen-bond acceptors (Lipinski definition) is 9. The van der Waals surface area contributed by atoms with Crippen LogP contribution < -0.4 is 5.32 Å². The first-order valence-electron chi connectivity index (χ1n) is 10.2. The Hall–Kier alpha value is -3.18. The van der Waals surface area contributed by atoms with Crippen LogP contribution >= 0.6 is 46.3 Å². The molecule has 0 aliphatic carbocycles. The normalized spacial score (nSPS) is 11.0. The molecule has 0 aliphatic heterocycles. The molecule has 4 aromatic heterocycles. The van der Waals surface area contributed by atoms with Crippen molar-refractivity contribution < 1.29 is 13.6 Å². The van der Waals surface area contributed by atoms with Gasteiger partial charge in [-0.1, -0.05) is 35.0 Å². The average molecular weight is 544 g/mol. The lowest BCUT2D eigenvalue weighted by Crippen LogP contribution is -2.12. The second-order valence-electron chi connectivity index (χ2n) is 7.05. The summed E-state index contributed by atoms with van der Waals surface area (Å²) in [6, 6.07) is 12.3. The van der Waals surface area contributed by atoms with Crippen molar-refractivity contribution in [1.82, 2.24) is 20.2 Å². The Morgan fingerprint density at radius 2 is 1.77 bits per heavy atom. The Balaban J connectivity index is 1.21. The van der Waals surface area contributed by atoms with E-state index in [1.807, 2.05) is 5.38 Å². The van der Waals surface area contributed by atoms with E-state index in [1.165, 1.54) is 23.1 Å². The number of carbonyl (C=O) groups excluding carboxylic acids is 1. The molecule has 176 valence electrons. The molecule has 0 fully saturated rings. The van der Waals surface area contributed by atoms with Gasteiger partial charge in [-0.25, -0.2) is 9.97 Å². The summed E-state index contributed by atoms with van der Waals surface area (Å²) >= 11 is 14.8. The molecule has 5 rings (SSSR count). The van der Waals surface area contributed by atoms with E-state index in [0.717, 1.165) is 5.56 Å². The summed E-state index contributed by atoms with van der Waals surface area (Å²) in [7, 11) is 0. The van der Waals surface area contributed by atoms with Crippen molar-refractivity contribution in [2.45, 2.75) is 11.6 Å². The van der Waals surface area contributed by atoms with E-state index in [9.17, 15) is 4.79 Å². The first-order valence-corrected chi connectivity index (χ1v) is 12.8. The Labute approximate surface area is 217 Å². The maximum atomic E-state index is 12.4. The summed E-state index contributed by atoms with van der Waals surface area (Å²) < 4.78 is 11.0. The molecule has 1 N–H and O–H groups in total. The van der Waals surface area contributed by atoms with E-state index in [2.05, 4.69) is 25.5 Å². The molecule has 0 unspecified atom stereocenters. The Morgan fingerprint density at radius 3 is 2.49 bits per heavy atom. The van der Waals surface area contributed by atoms with Crippen molar-refractivity contribution in [3.8, 4) is 34.2 Å². The first-order chi connectivity index (χ1) is 17.1. The highest BCUT2D eigenvalue weighted by Gasteiger charge is 2.18. The predicted octanol–water partition coefficient (Wildman–Crippen LogP) is 6.94. The molecule has 0 atom stereocenters. The van der Waals surface area contributed by atoms with Crippen LogP contribution in [0.3, 0.4) is 0 Å². The quantitative estimate of drug-likeness (QED) is 0.209. The summed E-state index contributed by atoms with van der Waals surface area (Å²) in [6.45, 7) is 0. The minimum Gasteiger partial charge on any atom is -0.463 e. The van der Waals surface area contributed by atoms with E-state index < -0.39 is 0 Å². The molecule has 1 aromatic carbocycles. The number of anilines is 1. The zero-order valence-electron chi connectivity index (χ0n) is 17.8. The summed E-state index contributed by atoms with van der Waals surface area (Å²) in [6.07, 6.45) is 3.35. The van der Waals surface area contributed by atoms with Crippen molar-refractivity contribution >= 4 is 57.3 Å². The smallest absolute Gasteiger partial charge is 0.226 e. The number of nitrogens with one attached hydrogen (secondary N) is 1. The standard InChI is InChI=1S/C23H15Cl2N5O3S2/c24-13-5-6-14(15(25)11-13)16-12-35-22(26-16)27-19(31)7-10-34-23-28-20(17-3-1-8-32-17)21(29-30-23)18-4-2-9-33-18/h1-6,8-9,11-12H,7,10H2,(H,26,27,31). The van der Waals surface area contributed by atoms with Crippen LogP contribution in [0, 0.1) is 0 Å². The fourth-order valence-electron chi connectivity index (χ4n) is 3.11. The Kier molecular flexibility index (Phi) is 7.14. The summed E-state index contributed by atoms with van der Waals surface area (Å²) in [5, 5.41) is 15.0. The molecule has 0 aliphatic rings. The van der Waals surface area contributed by atoms with Gasteiger partial charge in [-0.15, -0.1) is 21.5 Å². The van der Waals surface area contributed by atoms with Gasteiger partial charge in [-0.05, 0) is 42.5 Å². The van der Waals surface area contributed by atoms with Crippen molar-refractivity contribution in [2.24, 2.45) is 0 Å².